The number of benzene rings is 1. The van der Waals surface area contributed by atoms with Gasteiger partial charge in [0.2, 0.25) is 0 Å². The van der Waals surface area contributed by atoms with Crippen LogP contribution in [-0.4, -0.2) is 103 Å². The Morgan fingerprint density at radius 1 is 0.688 bits per heavy atom. The third-order valence-corrected chi connectivity index (χ3v) is 5.73. The van der Waals surface area contributed by atoms with Gasteiger partial charge in [0, 0.05) is 49.5 Å². The molecule has 1 saturated heterocycles. The molecule has 0 saturated carbocycles. The molecule has 1 fully saturated rings. The molecule has 4 heterocycles. The van der Waals surface area contributed by atoms with Crippen LogP contribution < -0.4 is 9.80 Å². The van der Waals surface area contributed by atoms with Crippen LogP contribution in [0.4, 0.5) is 51.1 Å². The molecule has 0 radical (unpaired) electrons. The SMILES string of the molecule is O=C(O)C(F)(F)F.O=C(O)C(F)(F)F.O=C(O)C(F)(F)F.c1ccc(N2CCN(c3ncnc4ccc(-c5cn[nH]c5)cc34)CC2)nc1. The van der Waals surface area contributed by atoms with E-state index in [1.54, 1.807) is 6.33 Å². The molecule has 4 aromatic rings. The average Bonchev–Trinajstić information content (AvgIpc) is 3.56. The summed E-state index contributed by atoms with van der Waals surface area (Å²) < 4.78 is 95.2. The molecule has 22 heteroatoms. The summed E-state index contributed by atoms with van der Waals surface area (Å²) in [5, 5.41) is 29.4. The first-order valence-electron chi connectivity index (χ1n) is 12.8. The summed E-state index contributed by atoms with van der Waals surface area (Å²) in [6.07, 6.45) is -8.02. The second kappa shape index (κ2) is 16.2. The number of aromatic nitrogens is 5. The smallest absolute Gasteiger partial charge is 0.475 e. The number of carbonyl (C=O) groups is 3. The fraction of sp³-hybridized carbons (Fsp3) is 0.269. The van der Waals surface area contributed by atoms with E-state index in [0.717, 1.165) is 59.8 Å². The number of piperazine rings is 1. The molecule has 1 aliphatic rings. The minimum atomic E-state index is -5.08. The Labute approximate surface area is 262 Å². The quantitative estimate of drug-likeness (QED) is 0.218. The third kappa shape index (κ3) is 11.9. The lowest BCUT2D eigenvalue weighted by molar-refractivity contribution is -0.193. The van der Waals surface area contributed by atoms with Crippen LogP contribution in [0.5, 0.6) is 0 Å². The van der Waals surface area contributed by atoms with E-state index in [9.17, 15) is 39.5 Å². The number of fused-ring (bicyclic) bond motifs is 1. The fourth-order valence-corrected chi connectivity index (χ4v) is 3.57. The monoisotopic (exact) mass is 699 g/mol. The van der Waals surface area contributed by atoms with Crippen molar-refractivity contribution >= 4 is 40.4 Å². The largest absolute Gasteiger partial charge is 0.490 e. The Hall–Kier alpha value is -5.70. The van der Waals surface area contributed by atoms with Crippen LogP contribution >= 0.6 is 0 Å². The number of hydrogen-bond donors (Lipinski definition) is 4. The summed E-state index contributed by atoms with van der Waals surface area (Å²) in [4.78, 5) is 44.9. The second-order valence-corrected chi connectivity index (χ2v) is 8.99. The molecule has 13 nitrogen and oxygen atoms in total. The predicted octanol–water partition coefficient (Wildman–Crippen LogP) is 4.64. The van der Waals surface area contributed by atoms with E-state index in [2.05, 4.69) is 53.1 Å². The summed E-state index contributed by atoms with van der Waals surface area (Å²) in [7, 11) is 0. The van der Waals surface area contributed by atoms with Gasteiger partial charge < -0.3 is 25.1 Å². The first kappa shape index (κ1) is 38.5. The van der Waals surface area contributed by atoms with Gasteiger partial charge in [-0.15, -0.1) is 0 Å². The van der Waals surface area contributed by atoms with Gasteiger partial charge in [0.15, 0.2) is 0 Å². The van der Waals surface area contributed by atoms with Crippen molar-refractivity contribution in [3.63, 3.8) is 0 Å². The van der Waals surface area contributed by atoms with Crippen molar-refractivity contribution in [3.8, 4) is 11.1 Å². The molecule has 1 aromatic carbocycles. The maximum absolute atomic E-state index is 10.6. The molecule has 0 amide bonds. The number of halogens is 9. The van der Waals surface area contributed by atoms with E-state index in [1.807, 2.05) is 36.8 Å². The number of nitrogens with zero attached hydrogens (tertiary/aromatic N) is 6. The lowest BCUT2D eigenvalue weighted by atomic mass is 10.1. The van der Waals surface area contributed by atoms with Crippen molar-refractivity contribution in [2.24, 2.45) is 0 Å². The second-order valence-electron chi connectivity index (χ2n) is 8.99. The van der Waals surface area contributed by atoms with Crippen molar-refractivity contribution in [1.29, 1.82) is 0 Å². The van der Waals surface area contributed by atoms with Crippen LogP contribution in [0, 0.1) is 0 Å². The predicted molar refractivity (Wildman–Crippen MR) is 147 cm³/mol. The summed E-state index contributed by atoms with van der Waals surface area (Å²) >= 11 is 0. The van der Waals surface area contributed by atoms with Crippen molar-refractivity contribution in [1.82, 2.24) is 25.1 Å². The fourth-order valence-electron chi connectivity index (χ4n) is 3.57. The van der Waals surface area contributed by atoms with Crippen LogP contribution in [0.2, 0.25) is 0 Å². The van der Waals surface area contributed by atoms with Gasteiger partial charge >= 0.3 is 36.4 Å². The zero-order valence-electron chi connectivity index (χ0n) is 23.8. The first-order chi connectivity index (χ1) is 22.2. The van der Waals surface area contributed by atoms with Gasteiger partial charge in [0.05, 0.1) is 11.7 Å². The normalized spacial score (nSPS) is 13.2. The van der Waals surface area contributed by atoms with Crippen LogP contribution in [0.15, 0.2) is 61.3 Å². The molecular formula is C26H22F9N7O6. The Kier molecular flexibility index (Phi) is 13.0. The highest BCUT2D eigenvalue weighted by atomic mass is 19.4. The number of carboxylic acid groups (broad SMARTS) is 3. The molecule has 0 bridgehead atoms. The number of alkyl halides is 9. The average molecular weight is 699 g/mol. The van der Waals surface area contributed by atoms with Crippen molar-refractivity contribution in [2.75, 3.05) is 36.0 Å². The molecule has 260 valence electrons. The van der Waals surface area contributed by atoms with Crippen molar-refractivity contribution < 1.29 is 69.2 Å². The Morgan fingerprint density at radius 3 is 1.65 bits per heavy atom. The minimum absolute atomic E-state index is 0.901. The molecule has 48 heavy (non-hydrogen) atoms. The van der Waals surface area contributed by atoms with Crippen molar-refractivity contribution in [3.05, 3.63) is 61.3 Å². The Morgan fingerprint density at radius 2 is 1.21 bits per heavy atom. The van der Waals surface area contributed by atoms with Gasteiger partial charge in [-0.3, -0.25) is 5.10 Å². The highest BCUT2D eigenvalue weighted by Crippen LogP contribution is 2.29. The maximum atomic E-state index is 10.6. The molecule has 4 N–H and O–H groups in total. The number of pyridine rings is 1. The molecule has 0 unspecified atom stereocenters. The summed E-state index contributed by atoms with van der Waals surface area (Å²) in [6.45, 7) is 3.64. The van der Waals surface area contributed by atoms with Gasteiger partial charge in [-0.1, -0.05) is 12.1 Å². The number of nitrogens with one attached hydrogen (secondary N) is 1. The number of aliphatic carboxylic acids is 3. The highest BCUT2D eigenvalue weighted by molar-refractivity contribution is 5.93. The van der Waals surface area contributed by atoms with E-state index in [1.165, 1.54) is 0 Å². The van der Waals surface area contributed by atoms with E-state index >= 15 is 0 Å². The third-order valence-electron chi connectivity index (χ3n) is 5.73. The number of rotatable bonds is 3. The summed E-state index contributed by atoms with van der Waals surface area (Å²) in [6, 6.07) is 12.3. The number of carboxylic acids is 3. The van der Waals surface area contributed by atoms with Gasteiger partial charge in [-0.25, -0.2) is 29.3 Å². The first-order valence-corrected chi connectivity index (χ1v) is 12.8. The van der Waals surface area contributed by atoms with Gasteiger partial charge in [0.25, 0.3) is 0 Å². The lowest BCUT2D eigenvalue weighted by Crippen LogP contribution is -2.47. The van der Waals surface area contributed by atoms with Gasteiger partial charge in [-0.05, 0) is 29.8 Å². The molecule has 1 aliphatic heterocycles. The number of hydrogen-bond acceptors (Lipinski definition) is 9. The van der Waals surface area contributed by atoms with Crippen LogP contribution in [0.25, 0.3) is 22.0 Å². The van der Waals surface area contributed by atoms with Crippen LogP contribution in [0.3, 0.4) is 0 Å². The number of H-pyrrole nitrogens is 1. The van der Waals surface area contributed by atoms with Gasteiger partial charge in [-0.2, -0.15) is 44.6 Å². The molecule has 0 spiro atoms. The Bertz CT molecular complexity index is 1590. The highest BCUT2D eigenvalue weighted by Gasteiger charge is 2.39. The molecule has 0 atom stereocenters. The summed E-state index contributed by atoms with van der Waals surface area (Å²) in [5.74, 6) is -6.24. The zero-order chi connectivity index (χ0) is 36.3. The molecular weight excluding hydrogens is 677 g/mol. The number of anilines is 2. The molecule has 0 aliphatic carbocycles. The standard InChI is InChI=1S/C20H19N7.3C2HF3O2/c1-2-6-21-19(3-1)26-7-9-27(10-8-26)20-17-11-15(16-12-24-25-13-16)4-5-18(17)22-14-23-20;3*3-2(4,5)1(6)7/h1-6,11-14H,7-10H2,(H,24,25);3*(H,6,7). The van der Waals surface area contributed by atoms with Crippen molar-refractivity contribution in [2.45, 2.75) is 18.5 Å². The van der Waals surface area contributed by atoms with E-state index in [4.69, 9.17) is 29.7 Å². The maximum Gasteiger partial charge on any atom is 0.490 e. The molecule has 3 aromatic heterocycles. The Balaban J connectivity index is 0.000000313. The zero-order valence-corrected chi connectivity index (χ0v) is 23.8. The van der Waals surface area contributed by atoms with E-state index < -0.39 is 36.4 Å². The summed E-state index contributed by atoms with van der Waals surface area (Å²) in [5.41, 5.74) is 3.13. The van der Waals surface area contributed by atoms with E-state index in [-0.39, 0.29) is 0 Å². The minimum Gasteiger partial charge on any atom is -0.475 e. The molecule has 5 rings (SSSR count). The van der Waals surface area contributed by atoms with Crippen LogP contribution in [0.1, 0.15) is 0 Å². The topological polar surface area (TPSA) is 186 Å². The van der Waals surface area contributed by atoms with E-state index in [0.29, 0.717) is 0 Å². The van der Waals surface area contributed by atoms with Gasteiger partial charge in [0.1, 0.15) is 18.0 Å². The van der Waals surface area contributed by atoms with Crippen LogP contribution in [-0.2, 0) is 14.4 Å². The lowest BCUT2D eigenvalue weighted by Gasteiger charge is -2.36. The number of aromatic amines is 1.